The number of unbranched alkanes of at least 4 members (excludes halogenated alkanes) is 18. The lowest BCUT2D eigenvalue weighted by Gasteiger charge is -2.04. The minimum absolute atomic E-state index is 0.534. The van der Waals surface area contributed by atoms with Crippen LogP contribution in [0.4, 0.5) is 0 Å². The molecule has 16 aromatic heterocycles. The molecule has 602 valence electrons. The number of aryl methyl sites for hydroxylation is 6. The molecule has 0 atom stereocenters. The van der Waals surface area contributed by atoms with Gasteiger partial charge in [0.05, 0.1) is 12.5 Å². The molecule has 16 aromatic rings. The maximum Gasteiger partial charge on any atom is 0.173 e. The van der Waals surface area contributed by atoms with Gasteiger partial charge in [0.15, 0.2) is 173 Å². The van der Waals surface area contributed by atoms with Crippen LogP contribution in [0.2, 0.25) is 0 Å². The first-order valence-electron chi connectivity index (χ1n) is 42.9. The molecule has 0 aliphatic heterocycles. The number of furan rings is 16. The fourth-order valence-electron chi connectivity index (χ4n) is 15.7. The number of rotatable bonds is 45. The van der Waals surface area contributed by atoms with Crippen LogP contribution in [0.3, 0.4) is 0 Å². The molecule has 16 heterocycles. The highest BCUT2D eigenvalue weighted by molar-refractivity contribution is 5.75. The monoisotopic (exact) mass is 1560 g/mol. The first-order valence-corrected chi connectivity index (χ1v) is 42.9. The predicted molar refractivity (Wildman–Crippen MR) is 451 cm³/mol. The Hall–Kier alpha value is -11.5. The second-order valence-corrected chi connectivity index (χ2v) is 30.9. The highest BCUT2D eigenvalue weighted by atomic mass is 16.4. The minimum Gasteiger partial charge on any atom is -0.461 e. The Morgan fingerprint density at radius 2 is 0.310 bits per heavy atom. The van der Waals surface area contributed by atoms with E-state index in [9.17, 15) is 0 Å². The Labute approximate surface area is 677 Å². The van der Waals surface area contributed by atoms with Gasteiger partial charge in [-0.1, -0.05) is 157 Å². The quantitative estimate of drug-likeness (QED) is 0.0325. The van der Waals surface area contributed by atoms with Crippen molar-refractivity contribution in [2.45, 2.75) is 234 Å². The Morgan fingerprint density at radius 1 is 0.155 bits per heavy atom. The van der Waals surface area contributed by atoms with E-state index >= 15 is 0 Å². The van der Waals surface area contributed by atoms with Crippen LogP contribution in [0.15, 0.2) is 241 Å². The summed E-state index contributed by atoms with van der Waals surface area (Å²) in [4.78, 5) is 0. The van der Waals surface area contributed by atoms with Crippen LogP contribution >= 0.6 is 0 Å². The summed E-state index contributed by atoms with van der Waals surface area (Å²) in [5.41, 5.74) is 6.52. The van der Waals surface area contributed by atoms with Gasteiger partial charge < -0.3 is 70.7 Å². The summed E-state index contributed by atoms with van der Waals surface area (Å²) in [6.07, 6.45) is 35.3. The van der Waals surface area contributed by atoms with Crippen LogP contribution < -0.4 is 0 Å². The van der Waals surface area contributed by atoms with Crippen molar-refractivity contribution in [3.05, 3.63) is 204 Å². The third-order valence-corrected chi connectivity index (χ3v) is 22.1. The molecule has 0 bridgehead atoms. The normalized spacial score (nSPS) is 11.9. The third kappa shape index (κ3) is 17.9. The lowest BCUT2D eigenvalue weighted by atomic mass is 10.0. The molecule has 0 aliphatic rings. The van der Waals surface area contributed by atoms with Gasteiger partial charge in [-0.3, -0.25) is 0 Å². The first kappa shape index (κ1) is 78.4. The average Bonchev–Trinajstić information content (AvgIpc) is 1.63. The van der Waals surface area contributed by atoms with Gasteiger partial charge >= 0.3 is 0 Å². The van der Waals surface area contributed by atoms with Crippen LogP contribution in [0.25, 0.3) is 173 Å². The van der Waals surface area contributed by atoms with E-state index in [2.05, 4.69) is 77.9 Å². The lowest BCUT2D eigenvalue weighted by molar-refractivity contribution is 0.485. The summed E-state index contributed by atoms with van der Waals surface area (Å²) in [6, 6.07) is 50.7. The van der Waals surface area contributed by atoms with Gasteiger partial charge in [-0.25, -0.2) is 0 Å². The molecule has 0 amide bonds. The number of hydrogen-bond donors (Lipinski definition) is 0. The van der Waals surface area contributed by atoms with Gasteiger partial charge in [-0.2, -0.15) is 0 Å². The van der Waals surface area contributed by atoms with E-state index in [-0.39, 0.29) is 0 Å². The highest BCUT2D eigenvalue weighted by Crippen LogP contribution is 2.47. The molecule has 16 nitrogen and oxygen atoms in total. The van der Waals surface area contributed by atoms with Crippen molar-refractivity contribution >= 4 is 0 Å². The van der Waals surface area contributed by atoms with Gasteiger partial charge in [0, 0.05) is 33.4 Å². The minimum atomic E-state index is 0.534. The molecule has 0 saturated heterocycles. The van der Waals surface area contributed by atoms with Crippen molar-refractivity contribution in [2.75, 3.05) is 0 Å². The van der Waals surface area contributed by atoms with Crippen molar-refractivity contribution in [3.63, 3.8) is 0 Å². The highest BCUT2D eigenvalue weighted by Gasteiger charge is 2.30. The second kappa shape index (κ2) is 37.4. The zero-order valence-electron chi connectivity index (χ0n) is 67.9. The standard InChI is InChI=1S/C100H106O16/c1-7-13-19-25-33-65-59-89(71-39-31-57-101-71)111-95(65)97-67(35-27-21-15-9-3)61-91(113-97)85-53-49-81(107-85)77-45-41-73(103-77)75-43-47-79(105-75)83-51-55-87(109-83)93-63-69(37-29-23-17-11-5)99(115-93)100-70(38-30-24-18-12-6)64-94(116-100)88-56-52-84(110-88)80-48-44-76(106-80)74-42-46-78(104-74)82-50-54-86(108-82)92-62-68(36-28-22-16-10-4)98(114-92)96-66(34-26-20-14-8-2)60-90(112-96)72-40-32-58-102-72/h31-32,39-64H,7-30,33-38H2,1-6H3. The fourth-order valence-corrected chi connectivity index (χ4v) is 15.7. The average molecular weight is 1560 g/mol. The fraction of sp³-hybridized carbons (Fsp3) is 0.360. The van der Waals surface area contributed by atoms with Crippen LogP contribution in [0, 0.1) is 0 Å². The van der Waals surface area contributed by atoms with E-state index in [1.54, 1.807) is 12.5 Å². The molecule has 0 radical (unpaired) electrons. The zero-order chi connectivity index (χ0) is 79.1. The molecular formula is C100H106O16. The Bertz CT molecular complexity index is 5340. The van der Waals surface area contributed by atoms with E-state index in [0.717, 1.165) is 211 Å². The topological polar surface area (TPSA) is 210 Å². The van der Waals surface area contributed by atoms with Crippen LogP contribution in [-0.4, -0.2) is 0 Å². The van der Waals surface area contributed by atoms with E-state index in [4.69, 9.17) is 70.7 Å². The smallest absolute Gasteiger partial charge is 0.173 e. The lowest BCUT2D eigenvalue weighted by Crippen LogP contribution is -1.90. The maximum absolute atomic E-state index is 6.96. The van der Waals surface area contributed by atoms with E-state index < -0.39 is 0 Å². The molecule has 16 rings (SSSR count). The van der Waals surface area contributed by atoms with Gasteiger partial charge in [0.2, 0.25) is 0 Å². The summed E-state index contributed by atoms with van der Waals surface area (Å²) < 4.78 is 105. The second-order valence-electron chi connectivity index (χ2n) is 30.9. The molecule has 0 saturated carbocycles. The summed E-state index contributed by atoms with van der Waals surface area (Å²) in [5.74, 6) is 18.4. The molecule has 116 heavy (non-hydrogen) atoms. The zero-order valence-corrected chi connectivity index (χ0v) is 67.9. The van der Waals surface area contributed by atoms with E-state index in [1.807, 2.05) is 121 Å². The molecule has 0 unspecified atom stereocenters. The summed E-state index contributed by atoms with van der Waals surface area (Å²) in [6.45, 7) is 13.4. The molecule has 0 aliphatic carbocycles. The molecule has 0 aromatic carbocycles. The Balaban J connectivity index is 0.614. The Kier molecular flexibility index (Phi) is 25.3. The van der Waals surface area contributed by atoms with Crippen molar-refractivity contribution in [1.29, 1.82) is 0 Å². The van der Waals surface area contributed by atoms with E-state index in [0.29, 0.717) is 150 Å². The Morgan fingerprint density at radius 3 is 0.457 bits per heavy atom. The largest absolute Gasteiger partial charge is 0.461 e. The summed E-state index contributed by atoms with van der Waals surface area (Å²) in [7, 11) is 0. The maximum atomic E-state index is 6.96. The van der Waals surface area contributed by atoms with E-state index in [1.165, 1.54) is 38.5 Å². The van der Waals surface area contributed by atoms with Crippen molar-refractivity contribution in [1.82, 2.24) is 0 Å². The van der Waals surface area contributed by atoms with Gasteiger partial charge in [-0.05, 0) is 235 Å². The van der Waals surface area contributed by atoms with Crippen molar-refractivity contribution in [2.24, 2.45) is 0 Å². The van der Waals surface area contributed by atoms with Gasteiger partial charge in [0.25, 0.3) is 0 Å². The molecule has 0 fully saturated rings. The first-order chi connectivity index (χ1) is 57.2. The summed E-state index contributed by atoms with van der Waals surface area (Å²) in [5, 5.41) is 0. The van der Waals surface area contributed by atoms with Gasteiger partial charge in [0.1, 0.15) is 0 Å². The SMILES string of the molecule is CCCCCCc1cc(-c2ccco2)oc1-c1oc(-c2ccc(-c3ccc(-c4ccc(-c5ccc(-c6cc(CCCCCC)c(-c7oc(-c8ccc(-c9ccc(-c%10ccc(-c%11ccc(-c%12cc(CCCCCC)c(-c%13oc(-c%14ccco%14)cc%13CCCCCC)o%12)o%11)o%10)o9)o8)cc7CCCCCC)o6)o5)o4)o3)o2)cc1CCCCCC. The van der Waals surface area contributed by atoms with Gasteiger partial charge in [-0.15, -0.1) is 0 Å². The van der Waals surface area contributed by atoms with Crippen molar-refractivity contribution < 1.29 is 70.7 Å². The van der Waals surface area contributed by atoms with Crippen LogP contribution in [-0.2, 0) is 38.5 Å². The molecule has 16 heteroatoms. The summed E-state index contributed by atoms with van der Waals surface area (Å²) >= 11 is 0. The number of hydrogen-bond acceptors (Lipinski definition) is 16. The molecule has 0 spiro atoms. The van der Waals surface area contributed by atoms with Crippen LogP contribution in [0.1, 0.15) is 229 Å². The van der Waals surface area contributed by atoms with Crippen LogP contribution in [0.5, 0.6) is 0 Å². The van der Waals surface area contributed by atoms with Crippen molar-refractivity contribution in [3.8, 4) is 173 Å². The molecule has 0 N–H and O–H groups in total. The predicted octanol–water partition coefficient (Wildman–Crippen LogP) is 32.9. The molecular weight excluding hydrogens is 1460 g/mol. The third-order valence-electron chi connectivity index (χ3n) is 22.1.